The van der Waals surface area contributed by atoms with E-state index in [0.717, 1.165) is 10.2 Å². The Morgan fingerprint density at radius 1 is 1.25 bits per heavy atom. The average molecular weight is 393 g/mol. The number of aliphatic hydroxyl groups excluding tert-OH is 1. The number of fused-ring (bicyclic) bond motifs is 1. The minimum Gasteiger partial charge on any atom is -0.510 e. The van der Waals surface area contributed by atoms with Crippen LogP contribution in [0.4, 0.5) is 5.69 Å². The molecule has 1 aliphatic heterocycles. The highest BCUT2D eigenvalue weighted by Crippen LogP contribution is 2.35. The van der Waals surface area contributed by atoms with Crippen molar-refractivity contribution in [3.8, 4) is 0 Å². The normalized spacial score (nSPS) is 14.4. The van der Waals surface area contributed by atoms with Crippen LogP contribution in [0, 0.1) is 5.41 Å². The third-order valence-electron chi connectivity index (χ3n) is 4.35. The smallest absolute Gasteiger partial charge is 0.338 e. The maximum Gasteiger partial charge on any atom is 0.338 e. The number of nitrogens with one attached hydrogen (secondary N) is 1. The molecule has 0 spiro atoms. The topological polar surface area (TPSA) is 86.5 Å². The van der Waals surface area contributed by atoms with Gasteiger partial charge in [-0.1, -0.05) is 18.2 Å². The summed E-state index contributed by atoms with van der Waals surface area (Å²) >= 11 is 1.44. The zero-order valence-electron chi connectivity index (χ0n) is 15.5. The Balaban J connectivity index is 1.64. The van der Waals surface area contributed by atoms with Gasteiger partial charge in [0.05, 0.1) is 34.0 Å². The van der Waals surface area contributed by atoms with Crippen LogP contribution in [0.15, 0.2) is 54.3 Å². The Labute approximate surface area is 166 Å². The number of amidine groups is 1. The summed E-state index contributed by atoms with van der Waals surface area (Å²) in [4.78, 5) is 18.4. The summed E-state index contributed by atoms with van der Waals surface area (Å²) in [6, 6.07) is 14.6. The number of aliphatic hydroxyl groups is 1. The Hall–Kier alpha value is -3.19. The van der Waals surface area contributed by atoms with Gasteiger partial charge in [0, 0.05) is 5.69 Å². The molecule has 1 aliphatic rings. The lowest BCUT2D eigenvalue weighted by molar-refractivity contribution is 0.0378. The van der Waals surface area contributed by atoms with Crippen molar-refractivity contribution in [2.75, 3.05) is 11.4 Å². The molecule has 1 aromatic heterocycles. The number of ether oxygens (including phenoxy) is 1. The molecular weight excluding hydrogens is 374 g/mol. The lowest BCUT2D eigenvalue weighted by atomic mass is 10.2. The van der Waals surface area contributed by atoms with Gasteiger partial charge in [-0.15, -0.1) is 11.3 Å². The Morgan fingerprint density at radius 3 is 2.79 bits per heavy atom. The third kappa shape index (κ3) is 3.25. The fraction of sp³-hybridized carbons (Fsp3) is 0.190. The van der Waals surface area contributed by atoms with Crippen LogP contribution in [0.5, 0.6) is 0 Å². The Kier molecular flexibility index (Phi) is 4.60. The molecule has 0 aliphatic carbocycles. The van der Waals surface area contributed by atoms with E-state index in [1.807, 2.05) is 24.3 Å². The van der Waals surface area contributed by atoms with Crippen LogP contribution in [0.2, 0.25) is 0 Å². The number of carbonyl (C=O) groups excluding carboxylic acids is 1. The average Bonchev–Trinajstić information content (AvgIpc) is 3.21. The number of thiazole rings is 1. The van der Waals surface area contributed by atoms with Gasteiger partial charge in [0.25, 0.3) is 0 Å². The van der Waals surface area contributed by atoms with E-state index < -0.39 is 5.97 Å². The van der Waals surface area contributed by atoms with Crippen LogP contribution >= 0.6 is 11.3 Å². The van der Waals surface area contributed by atoms with E-state index in [9.17, 15) is 9.90 Å². The summed E-state index contributed by atoms with van der Waals surface area (Å²) in [5, 5.41) is 19.7. The molecule has 3 aromatic rings. The number of aromatic nitrogens is 1. The third-order valence-corrected chi connectivity index (χ3v) is 5.40. The standard InChI is InChI=1S/C21H19N3O3S/c1-12(2)27-21(26)13-6-5-7-14(10-13)24-11-16(25)18(19(24)22)20-23-15-8-3-4-9-17(15)28-20/h3-10,12,22,25H,11H2,1-2H3. The van der Waals surface area contributed by atoms with Gasteiger partial charge >= 0.3 is 5.97 Å². The molecular formula is C21H19N3O3S. The van der Waals surface area contributed by atoms with Gasteiger partial charge in [-0.3, -0.25) is 5.41 Å². The van der Waals surface area contributed by atoms with Crippen LogP contribution in [0.3, 0.4) is 0 Å². The molecule has 0 bridgehead atoms. The van der Waals surface area contributed by atoms with Gasteiger partial charge in [-0.2, -0.15) is 0 Å². The maximum absolute atomic E-state index is 12.2. The summed E-state index contributed by atoms with van der Waals surface area (Å²) in [6.07, 6.45) is -0.211. The zero-order chi connectivity index (χ0) is 19.8. The van der Waals surface area contributed by atoms with Crippen LogP contribution in [-0.2, 0) is 4.74 Å². The number of esters is 1. The van der Waals surface area contributed by atoms with Crippen LogP contribution in [-0.4, -0.2) is 34.5 Å². The first-order valence-corrected chi connectivity index (χ1v) is 9.71. The second kappa shape index (κ2) is 7.09. The van der Waals surface area contributed by atoms with Crippen molar-refractivity contribution < 1.29 is 14.6 Å². The van der Waals surface area contributed by atoms with E-state index in [4.69, 9.17) is 10.1 Å². The number of para-hydroxylation sites is 1. The Bertz CT molecular complexity index is 1080. The summed E-state index contributed by atoms with van der Waals surface area (Å²) in [6.45, 7) is 3.75. The van der Waals surface area contributed by atoms with Gasteiger partial charge in [0.2, 0.25) is 0 Å². The molecule has 0 saturated heterocycles. The number of nitrogens with zero attached hydrogens (tertiary/aromatic N) is 2. The van der Waals surface area contributed by atoms with Crippen molar-refractivity contribution in [1.82, 2.24) is 4.98 Å². The molecule has 0 radical (unpaired) electrons. The number of anilines is 1. The number of hydrogen-bond acceptors (Lipinski definition) is 6. The van der Waals surface area contributed by atoms with Crippen molar-refractivity contribution in [2.24, 2.45) is 0 Å². The first-order valence-electron chi connectivity index (χ1n) is 8.89. The monoisotopic (exact) mass is 393 g/mol. The Morgan fingerprint density at radius 2 is 2.04 bits per heavy atom. The highest BCUT2D eigenvalue weighted by Gasteiger charge is 2.31. The second-order valence-corrected chi connectivity index (χ2v) is 7.78. The molecule has 2 heterocycles. The molecule has 4 rings (SSSR count). The van der Waals surface area contributed by atoms with E-state index in [2.05, 4.69) is 4.98 Å². The molecule has 7 heteroatoms. The van der Waals surface area contributed by atoms with Gasteiger partial charge in [-0.25, -0.2) is 9.78 Å². The van der Waals surface area contributed by atoms with Gasteiger partial charge in [0.1, 0.15) is 16.6 Å². The first-order chi connectivity index (χ1) is 13.4. The molecule has 6 nitrogen and oxygen atoms in total. The largest absolute Gasteiger partial charge is 0.510 e. The minimum absolute atomic E-state index is 0.0965. The molecule has 0 atom stereocenters. The molecule has 0 saturated carbocycles. The SMILES string of the molecule is CC(C)OC(=O)c1cccc(N2CC(O)=C(c3nc4ccccc4s3)C2=N)c1. The fourth-order valence-corrected chi connectivity index (χ4v) is 4.12. The van der Waals surface area contributed by atoms with Crippen LogP contribution < -0.4 is 4.90 Å². The predicted octanol–water partition coefficient (Wildman–Crippen LogP) is 4.63. The van der Waals surface area contributed by atoms with Gasteiger partial charge in [-0.05, 0) is 44.2 Å². The van der Waals surface area contributed by atoms with Crippen molar-refractivity contribution in [3.05, 3.63) is 64.9 Å². The summed E-state index contributed by atoms with van der Waals surface area (Å²) in [5.41, 5.74) is 2.32. The van der Waals surface area contributed by atoms with E-state index in [0.29, 0.717) is 21.8 Å². The molecule has 0 fully saturated rings. The van der Waals surface area contributed by atoms with E-state index in [-0.39, 0.29) is 24.2 Å². The summed E-state index contributed by atoms with van der Waals surface area (Å²) in [7, 11) is 0. The quantitative estimate of drug-likeness (QED) is 0.631. The predicted molar refractivity (Wildman–Crippen MR) is 111 cm³/mol. The second-order valence-electron chi connectivity index (χ2n) is 6.75. The van der Waals surface area contributed by atoms with Gasteiger partial charge in [0.15, 0.2) is 0 Å². The van der Waals surface area contributed by atoms with E-state index in [1.54, 1.807) is 43.0 Å². The van der Waals surface area contributed by atoms with Crippen molar-refractivity contribution in [3.63, 3.8) is 0 Å². The maximum atomic E-state index is 12.2. The molecule has 2 N–H and O–H groups in total. The first kappa shape index (κ1) is 18.2. The van der Waals surface area contributed by atoms with Crippen molar-refractivity contribution >= 4 is 44.6 Å². The zero-order valence-corrected chi connectivity index (χ0v) is 16.3. The molecule has 0 unspecified atom stereocenters. The fourth-order valence-electron chi connectivity index (χ4n) is 3.09. The minimum atomic E-state index is -0.411. The molecule has 2 aromatic carbocycles. The number of benzene rings is 2. The summed E-state index contributed by atoms with van der Waals surface area (Å²) in [5.74, 6) is -0.156. The van der Waals surface area contributed by atoms with Gasteiger partial charge < -0.3 is 14.7 Å². The van der Waals surface area contributed by atoms with Crippen LogP contribution in [0.1, 0.15) is 29.2 Å². The molecule has 28 heavy (non-hydrogen) atoms. The highest BCUT2D eigenvalue weighted by molar-refractivity contribution is 7.19. The highest BCUT2D eigenvalue weighted by atomic mass is 32.1. The summed E-state index contributed by atoms with van der Waals surface area (Å²) < 4.78 is 6.25. The van der Waals surface area contributed by atoms with E-state index in [1.165, 1.54) is 11.3 Å². The van der Waals surface area contributed by atoms with Crippen LogP contribution in [0.25, 0.3) is 15.8 Å². The van der Waals surface area contributed by atoms with Crippen molar-refractivity contribution in [2.45, 2.75) is 20.0 Å². The number of carbonyl (C=O) groups is 1. The number of hydrogen-bond donors (Lipinski definition) is 2. The van der Waals surface area contributed by atoms with E-state index >= 15 is 0 Å². The number of rotatable bonds is 4. The van der Waals surface area contributed by atoms with Crippen molar-refractivity contribution in [1.29, 1.82) is 5.41 Å². The lowest BCUT2D eigenvalue weighted by Crippen LogP contribution is -2.26. The lowest BCUT2D eigenvalue weighted by Gasteiger charge is -2.19. The molecule has 0 amide bonds. The molecule has 142 valence electrons.